The Morgan fingerprint density at radius 1 is 0.806 bits per heavy atom. The number of rotatable bonds is 21. The lowest BCUT2D eigenvalue weighted by molar-refractivity contribution is 0.0998. The number of nitrogens with one attached hydrogen (secondary N) is 2. The van der Waals surface area contributed by atoms with Crippen LogP contribution in [-0.2, 0) is 23.9 Å². The molecule has 0 bridgehead atoms. The van der Waals surface area contributed by atoms with Gasteiger partial charge in [0.1, 0.15) is 0 Å². The van der Waals surface area contributed by atoms with Gasteiger partial charge in [0.2, 0.25) is 0 Å². The summed E-state index contributed by atoms with van der Waals surface area (Å²) in [4.78, 5) is 4.71. The van der Waals surface area contributed by atoms with Crippen molar-refractivity contribution in [1.29, 1.82) is 0 Å². The molecule has 0 amide bonds. The molecule has 0 fully saturated rings. The first-order valence-electron chi connectivity index (χ1n) is 13.6. The predicted molar refractivity (Wildman–Crippen MR) is 153 cm³/mol. The third-order valence-corrected chi connectivity index (χ3v) is 7.47. The lowest BCUT2D eigenvalue weighted by atomic mass is 10.1. The molecule has 36 heavy (non-hydrogen) atoms. The molecular formula is C29H48N4O2S. The second-order valence-electron chi connectivity index (χ2n) is 9.39. The van der Waals surface area contributed by atoms with Crippen molar-refractivity contribution < 1.29 is 9.32 Å². The molecule has 0 aromatic heterocycles. The number of benzene rings is 2. The molecule has 0 aliphatic carbocycles. The summed E-state index contributed by atoms with van der Waals surface area (Å²) in [5.74, 6) is 1.30. The molecule has 6 nitrogen and oxygen atoms in total. The van der Waals surface area contributed by atoms with Gasteiger partial charge in [-0.05, 0) is 63.1 Å². The topological polar surface area (TPSA) is 67.8 Å². The van der Waals surface area contributed by atoms with Gasteiger partial charge in [-0.1, -0.05) is 74.5 Å². The molecule has 0 heterocycles. The van der Waals surface area contributed by atoms with Gasteiger partial charge in [-0.15, -0.1) is 0 Å². The maximum Gasteiger partial charge on any atom is 0.0750 e. The molecular weight excluding hydrogens is 468 g/mol. The van der Waals surface area contributed by atoms with Crippen molar-refractivity contribution in [1.82, 2.24) is 20.4 Å². The van der Waals surface area contributed by atoms with Gasteiger partial charge in [-0.3, -0.25) is 14.0 Å². The minimum atomic E-state index is -0.864. The fraction of sp³-hybridized carbons (Fsp3) is 0.586. The Morgan fingerprint density at radius 2 is 1.33 bits per heavy atom. The smallest absolute Gasteiger partial charge is 0.0750 e. The zero-order valence-corrected chi connectivity index (χ0v) is 23.2. The summed E-state index contributed by atoms with van der Waals surface area (Å²) < 4.78 is 12.7. The number of hydrogen-bond donors (Lipinski definition) is 3. The van der Waals surface area contributed by atoms with E-state index in [2.05, 4.69) is 82.8 Å². The lowest BCUT2D eigenvalue weighted by Gasteiger charge is -2.26. The van der Waals surface area contributed by atoms with Crippen LogP contribution in [0, 0.1) is 0 Å². The van der Waals surface area contributed by atoms with Crippen LogP contribution in [-0.4, -0.2) is 82.7 Å². The summed E-state index contributed by atoms with van der Waals surface area (Å²) in [6.07, 6.45) is 2.52. The van der Waals surface area contributed by atoms with Crippen molar-refractivity contribution in [2.75, 3.05) is 57.4 Å². The molecule has 0 radical (unpaired) electrons. The number of nitrogens with zero attached hydrogens (tertiary/aromatic N) is 2. The van der Waals surface area contributed by atoms with Crippen LogP contribution in [0.2, 0.25) is 0 Å². The summed E-state index contributed by atoms with van der Waals surface area (Å²) >= 11 is 0. The van der Waals surface area contributed by atoms with Crippen LogP contribution in [0.4, 0.5) is 0 Å². The van der Waals surface area contributed by atoms with Crippen LogP contribution in [0.25, 0.3) is 0 Å². The molecule has 1 unspecified atom stereocenters. The molecule has 2 aromatic rings. The van der Waals surface area contributed by atoms with Crippen molar-refractivity contribution in [3.63, 3.8) is 0 Å². The zero-order chi connectivity index (χ0) is 25.8. The van der Waals surface area contributed by atoms with E-state index in [1.165, 1.54) is 11.1 Å². The number of aliphatic hydroxyl groups is 1. The highest BCUT2D eigenvalue weighted by molar-refractivity contribution is 7.84. The van der Waals surface area contributed by atoms with Crippen LogP contribution in [0.15, 0.2) is 60.7 Å². The Balaban J connectivity index is 1.88. The molecule has 2 atom stereocenters. The highest BCUT2D eigenvalue weighted by atomic mass is 32.2. The van der Waals surface area contributed by atoms with Crippen molar-refractivity contribution in [3.8, 4) is 0 Å². The highest BCUT2D eigenvalue weighted by Gasteiger charge is 2.14. The molecule has 202 valence electrons. The fourth-order valence-corrected chi connectivity index (χ4v) is 5.37. The quantitative estimate of drug-likeness (QED) is 0.221. The second kappa shape index (κ2) is 19.5. The average molecular weight is 517 g/mol. The molecule has 3 N–H and O–H groups in total. The van der Waals surface area contributed by atoms with E-state index in [9.17, 15) is 9.32 Å². The lowest BCUT2D eigenvalue weighted by Crippen LogP contribution is -2.35. The van der Waals surface area contributed by atoms with Crippen LogP contribution in [0.5, 0.6) is 0 Å². The van der Waals surface area contributed by atoms with E-state index in [1.807, 2.05) is 12.1 Å². The molecule has 2 rings (SSSR count). The zero-order valence-electron chi connectivity index (χ0n) is 22.4. The van der Waals surface area contributed by atoms with Gasteiger partial charge >= 0.3 is 0 Å². The van der Waals surface area contributed by atoms with E-state index in [1.54, 1.807) is 0 Å². The van der Waals surface area contributed by atoms with Crippen molar-refractivity contribution >= 4 is 10.8 Å². The SMILES string of the molecule is CCNCC[C@H](O)CN(CCCCN(Cc1ccccc1)CS(=O)CCNCC)Cc1ccccc1. The van der Waals surface area contributed by atoms with Gasteiger partial charge in [0.25, 0.3) is 0 Å². The standard InChI is InChI=1S/C29H48N4O2S/c1-3-30-18-17-29(34)25-32(23-27-13-7-5-8-14-27)20-11-12-21-33(24-28-15-9-6-10-16-28)26-36(35)22-19-31-4-2/h5-10,13-16,29-31,34H,3-4,11-12,17-26H2,1-2H3/t29-,36?/m0/s1. The van der Waals surface area contributed by atoms with Gasteiger partial charge in [-0.25, -0.2) is 0 Å². The van der Waals surface area contributed by atoms with E-state index in [0.29, 0.717) is 18.2 Å². The fourth-order valence-electron chi connectivity index (χ4n) is 4.24. The van der Waals surface area contributed by atoms with E-state index in [4.69, 9.17) is 0 Å². The Kier molecular flexibility index (Phi) is 16.6. The minimum absolute atomic E-state index is 0.332. The summed E-state index contributed by atoms with van der Waals surface area (Å²) in [5.41, 5.74) is 2.54. The largest absolute Gasteiger partial charge is 0.392 e. The van der Waals surface area contributed by atoms with E-state index in [0.717, 1.165) is 71.6 Å². The third kappa shape index (κ3) is 14.2. The van der Waals surface area contributed by atoms with Crippen LogP contribution < -0.4 is 10.6 Å². The third-order valence-electron chi connectivity index (χ3n) is 6.15. The first kappa shape index (κ1) is 30.6. The van der Waals surface area contributed by atoms with Gasteiger partial charge in [0.15, 0.2) is 0 Å². The minimum Gasteiger partial charge on any atom is -0.392 e. The van der Waals surface area contributed by atoms with E-state index >= 15 is 0 Å². The van der Waals surface area contributed by atoms with Crippen LogP contribution in [0.3, 0.4) is 0 Å². The van der Waals surface area contributed by atoms with Gasteiger partial charge < -0.3 is 15.7 Å². The number of hydrogen-bond acceptors (Lipinski definition) is 6. The first-order valence-corrected chi connectivity index (χ1v) is 15.1. The normalized spacial score (nSPS) is 13.4. The van der Waals surface area contributed by atoms with Crippen LogP contribution in [0.1, 0.15) is 44.2 Å². The summed E-state index contributed by atoms with van der Waals surface area (Å²) in [6, 6.07) is 21.0. The van der Waals surface area contributed by atoms with Gasteiger partial charge in [0.05, 0.1) is 12.0 Å². The van der Waals surface area contributed by atoms with E-state index < -0.39 is 10.8 Å². The Hall–Kier alpha value is -1.61. The monoisotopic (exact) mass is 516 g/mol. The predicted octanol–water partition coefficient (Wildman–Crippen LogP) is 3.45. The Morgan fingerprint density at radius 3 is 1.92 bits per heavy atom. The Labute approximate surface area is 221 Å². The van der Waals surface area contributed by atoms with Gasteiger partial charge in [-0.2, -0.15) is 0 Å². The summed E-state index contributed by atoms with van der Waals surface area (Å²) in [7, 11) is -0.864. The van der Waals surface area contributed by atoms with E-state index in [-0.39, 0.29) is 6.10 Å². The molecule has 0 aliphatic rings. The van der Waals surface area contributed by atoms with Crippen molar-refractivity contribution in [3.05, 3.63) is 71.8 Å². The number of aliphatic hydroxyl groups excluding tert-OH is 1. The maximum absolute atomic E-state index is 12.7. The molecule has 0 aliphatic heterocycles. The average Bonchev–Trinajstić information content (AvgIpc) is 2.88. The molecule has 0 saturated heterocycles. The highest BCUT2D eigenvalue weighted by Crippen LogP contribution is 2.10. The molecule has 0 spiro atoms. The van der Waals surface area contributed by atoms with Crippen molar-refractivity contribution in [2.24, 2.45) is 0 Å². The summed E-state index contributed by atoms with van der Waals surface area (Å²) in [6.45, 7) is 11.9. The number of unbranched alkanes of at least 4 members (excludes halogenated alkanes) is 1. The molecule has 7 heteroatoms. The maximum atomic E-state index is 12.7. The first-order chi connectivity index (χ1) is 17.6. The molecule has 2 aromatic carbocycles. The van der Waals surface area contributed by atoms with Gasteiger partial charge in [0, 0.05) is 42.7 Å². The van der Waals surface area contributed by atoms with Crippen molar-refractivity contribution in [2.45, 2.75) is 52.3 Å². The van der Waals surface area contributed by atoms with Crippen LogP contribution >= 0.6 is 0 Å². The summed E-state index contributed by atoms with van der Waals surface area (Å²) in [5, 5.41) is 17.2. The Bertz CT molecular complexity index is 809. The molecule has 0 saturated carbocycles. The second-order valence-corrected chi connectivity index (χ2v) is 10.9.